The molecule has 5 nitrogen and oxygen atoms in total. The Hall–Kier alpha value is -2.40. The van der Waals surface area contributed by atoms with E-state index in [0.717, 1.165) is 77.0 Å². The first-order chi connectivity index (χ1) is 25.6. The fourth-order valence-electron chi connectivity index (χ4n) is 5.80. The van der Waals surface area contributed by atoms with Gasteiger partial charge in [0.05, 0.1) is 6.61 Å². The zero-order valence-electron chi connectivity index (χ0n) is 34.3. The summed E-state index contributed by atoms with van der Waals surface area (Å²) in [6.07, 6.45) is 52.3. The summed E-state index contributed by atoms with van der Waals surface area (Å²) in [5, 5.41) is 0. The zero-order valence-corrected chi connectivity index (χ0v) is 34.3. The van der Waals surface area contributed by atoms with Crippen LogP contribution in [0.1, 0.15) is 201 Å². The molecule has 0 N–H and O–H groups in total. The lowest BCUT2D eigenvalue weighted by Crippen LogP contribution is -2.30. The monoisotopic (exact) mass is 727 g/mol. The summed E-state index contributed by atoms with van der Waals surface area (Å²) >= 11 is 0. The van der Waals surface area contributed by atoms with Crippen LogP contribution in [0.4, 0.5) is 0 Å². The summed E-state index contributed by atoms with van der Waals surface area (Å²) in [5.41, 5.74) is 0. The predicted molar refractivity (Wildman–Crippen MR) is 224 cm³/mol. The minimum absolute atomic E-state index is 0.0595. The highest BCUT2D eigenvalue weighted by Gasteiger charge is 2.17. The van der Waals surface area contributed by atoms with Crippen LogP contribution >= 0.6 is 0 Å². The van der Waals surface area contributed by atoms with Crippen molar-refractivity contribution in [1.82, 2.24) is 0 Å². The maximum atomic E-state index is 12.6. The molecular weight excluding hydrogens is 645 g/mol. The first-order valence-corrected chi connectivity index (χ1v) is 21.8. The van der Waals surface area contributed by atoms with Crippen LogP contribution in [0.5, 0.6) is 0 Å². The molecule has 1 atom stereocenters. The van der Waals surface area contributed by atoms with Gasteiger partial charge in [0.2, 0.25) is 0 Å². The molecule has 0 aliphatic carbocycles. The van der Waals surface area contributed by atoms with Crippen molar-refractivity contribution < 1.29 is 23.8 Å². The van der Waals surface area contributed by atoms with Gasteiger partial charge >= 0.3 is 11.9 Å². The van der Waals surface area contributed by atoms with Crippen molar-refractivity contribution in [3.8, 4) is 0 Å². The number of esters is 2. The third-order valence-corrected chi connectivity index (χ3v) is 9.04. The highest BCUT2D eigenvalue weighted by molar-refractivity contribution is 5.70. The second-order valence-corrected chi connectivity index (χ2v) is 14.2. The SMILES string of the molecule is CC/C=C\C/C=C\C/C=C\C/C=C\CCCOCC(COC(=O)CCCCCCC/C=C\CCCCCC)OC(=O)CCCCCCCCCCC. The molecule has 0 saturated carbocycles. The molecule has 0 fully saturated rings. The summed E-state index contributed by atoms with van der Waals surface area (Å²) in [4.78, 5) is 25.1. The third kappa shape index (κ3) is 40.4. The molecule has 0 aromatic heterocycles. The summed E-state index contributed by atoms with van der Waals surface area (Å²) in [6, 6.07) is 0. The Bertz CT molecular complexity index is 915. The first kappa shape index (κ1) is 49.6. The molecule has 0 spiro atoms. The minimum Gasteiger partial charge on any atom is -0.462 e. The lowest BCUT2D eigenvalue weighted by atomic mass is 10.1. The first-order valence-electron chi connectivity index (χ1n) is 21.8. The zero-order chi connectivity index (χ0) is 37.8. The van der Waals surface area contributed by atoms with Crippen LogP contribution in [0.25, 0.3) is 0 Å². The quantitative estimate of drug-likeness (QED) is 0.0358. The molecule has 0 aliphatic heterocycles. The second-order valence-electron chi connectivity index (χ2n) is 14.2. The molecule has 0 aliphatic rings. The van der Waals surface area contributed by atoms with Crippen molar-refractivity contribution in [1.29, 1.82) is 0 Å². The molecule has 5 heteroatoms. The maximum absolute atomic E-state index is 12.6. The van der Waals surface area contributed by atoms with E-state index in [4.69, 9.17) is 14.2 Å². The Morgan fingerprint density at radius 1 is 0.442 bits per heavy atom. The lowest BCUT2D eigenvalue weighted by molar-refractivity contribution is -0.163. The van der Waals surface area contributed by atoms with Gasteiger partial charge in [-0.3, -0.25) is 9.59 Å². The van der Waals surface area contributed by atoms with E-state index in [1.165, 1.54) is 89.9 Å². The van der Waals surface area contributed by atoms with E-state index in [1.807, 2.05) is 0 Å². The number of rotatable bonds is 39. The minimum atomic E-state index is -0.563. The Kier molecular flexibility index (Phi) is 41.0. The predicted octanol–water partition coefficient (Wildman–Crippen LogP) is 14.2. The number of unbranched alkanes of at least 4 members (excludes halogenated alkanes) is 18. The highest BCUT2D eigenvalue weighted by atomic mass is 16.6. The van der Waals surface area contributed by atoms with Crippen LogP contribution in [0, 0.1) is 0 Å². The molecule has 0 saturated heterocycles. The van der Waals surface area contributed by atoms with Gasteiger partial charge in [-0.25, -0.2) is 0 Å². The smallest absolute Gasteiger partial charge is 0.306 e. The number of ether oxygens (including phenoxy) is 3. The van der Waals surface area contributed by atoms with E-state index in [-0.39, 0.29) is 25.2 Å². The van der Waals surface area contributed by atoms with Gasteiger partial charge in [0.15, 0.2) is 6.10 Å². The normalized spacial score (nSPS) is 12.8. The largest absolute Gasteiger partial charge is 0.462 e. The van der Waals surface area contributed by atoms with Gasteiger partial charge < -0.3 is 14.2 Å². The van der Waals surface area contributed by atoms with Gasteiger partial charge in [0, 0.05) is 19.4 Å². The van der Waals surface area contributed by atoms with Crippen molar-refractivity contribution >= 4 is 11.9 Å². The van der Waals surface area contributed by atoms with E-state index >= 15 is 0 Å². The topological polar surface area (TPSA) is 61.8 Å². The third-order valence-electron chi connectivity index (χ3n) is 9.04. The molecule has 0 rings (SSSR count). The van der Waals surface area contributed by atoms with Crippen LogP contribution < -0.4 is 0 Å². The van der Waals surface area contributed by atoms with Gasteiger partial charge in [0.1, 0.15) is 6.61 Å². The van der Waals surface area contributed by atoms with E-state index in [9.17, 15) is 9.59 Å². The molecule has 0 radical (unpaired) electrons. The number of hydrogen-bond donors (Lipinski definition) is 0. The number of carbonyl (C=O) groups is 2. The van der Waals surface area contributed by atoms with Gasteiger partial charge in [0.25, 0.3) is 0 Å². The van der Waals surface area contributed by atoms with Crippen molar-refractivity contribution in [3.05, 3.63) is 60.8 Å². The van der Waals surface area contributed by atoms with Crippen LogP contribution in [-0.2, 0) is 23.8 Å². The van der Waals surface area contributed by atoms with Crippen molar-refractivity contribution in [3.63, 3.8) is 0 Å². The van der Waals surface area contributed by atoms with E-state index in [0.29, 0.717) is 19.4 Å². The fraction of sp³-hybridized carbons (Fsp3) is 0.745. The molecule has 300 valence electrons. The molecule has 0 aromatic carbocycles. The van der Waals surface area contributed by atoms with E-state index in [2.05, 4.69) is 81.5 Å². The Morgan fingerprint density at radius 3 is 1.42 bits per heavy atom. The lowest BCUT2D eigenvalue weighted by Gasteiger charge is -2.18. The Balaban J connectivity index is 4.33. The van der Waals surface area contributed by atoms with Crippen molar-refractivity contribution in [2.45, 2.75) is 207 Å². The van der Waals surface area contributed by atoms with Crippen molar-refractivity contribution in [2.24, 2.45) is 0 Å². The molecular formula is C47H82O5. The molecule has 0 bridgehead atoms. The van der Waals surface area contributed by atoms with E-state index in [1.54, 1.807) is 0 Å². The van der Waals surface area contributed by atoms with Crippen LogP contribution in [-0.4, -0.2) is 37.9 Å². The maximum Gasteiger partial charge on any atom is 0.306 e. The number of allylic oxidation sites excluding steroid dienone is 10. The summed E-state index contributed by atoms with van der Waals surface area (Å²) in [6.45, 7) is 7.53. The fourth-order valence-corrected chi connectivity index (χ4v) is 5.80. The molecule has 0 heterocycles. The van der Waals surface area contributed by atoms with Gasteiger partial charge in [-0.15, -0.1) is 0 Å². The van der Waals surface area contributed by atoms with Crippen molar-refractivity contribution in [2.75, 3.05) is 19.8 Å². The molecule has 1 unspecified atom stereocenters. The Labute approximate surface area is 322 Å². The summed E-state index contributed by atoms with van der Waals surface area (Å²) in [7, 11) is 0. The van der Waals surface area contributed by atoms with Gasteiger partial charge in [-0.05, 0) is 77.0 Å². The average Bonchev–Trinajstić information content (AvgIpc) is 3.14. The molecule has 0 amide bonds. The second kappa shape index (κ2) is 43.0. The van der Waals surface area contributed by atoms with Crippen LogP contribution in [0.15, 0.2) is 60.8 Å². The summed E-state index contributed by atoms with van der Waals surface area (Å²) in [5.74, 6) is -0.441. The number of carbonyl (C=O) groups excluding carboxylic acids is 2. The number of hydrogen-bond acceptors (Lipinski definition) is 5. The van der Waals surface area contributed by atoms with Gasteiger partial charge in [-0.1, -0.05) is 171 Å². The highest BCUT2D eigenvalue weighted by Crippen LogP contribution is 2.13. The standard InChI is InChI=1S/C47H82O5/c1-4-7-10-13-16-19-21-23-25-27-30-33-36-39-42-50-43-45(52-47(49)41-38-35-32-28-18-15-12-9-6-3)44-51-46(48)40-37-34-31-29-26-24-22-20-17-14-11-8-5-2/h7,10,16,19-20,22-23,25,30,33,45H,4-6,8-9,11-15,17-18,21,24,26-29,31-32,34-44H2,1-3H3/b10-7-,19-16-,22-20-,25-23-,33-30-. The van der Waals surface area contributed by atoms with Crippen LogP contribution in [0.2, 0.25) is 0 Å². The Morgan fingerprint density at radius 2 is 0.865 bits per heavy atom. The molecule has 52 heavy (non-hydrogen) atoms. The van der Waals surface area contributed by atoms with E-state index < -0.39 is 6.10 Å². The average molecular weight is 727 g/mol. The molecule has 0 aromatic rings. The summed E-state index contributed by atoms with van der Waals surface area (Å²) < 4.78 is 17.2. The van der Waals surface area contributed by atoms with Crippen LogP contribution in [0.3, 0.4) is 0 Å². The van der Waals surface area contributed by atoms with Gasteiger partial charge in [-0.2, -0.15) is 0 Å².